The van der Waals surface area contributed by atoms with Crippen LogP contribution in [0.4, 0.5) is 0 Å². The van der Waals surface area contributed by atoms with Gasteiger partial charge in [0.15, 0.2) is 0 Å². The Morgan fingerprint density at radius 2 is 1.78 bits per heavy atom. The second kappa shape index (κ2) is 7.49. The van der Waals surface area contributed by atoms with E-state index in [9.17, 15) is 0 Å². The summed E-state index contributed by atoms with van der Waals surface area (Å²) in [5.74, 6) is 0. The first-order valence-electron chi connectivity index (χ1n) is 8.32. The number of unbranched alkanes of at least 4 members (excludes halogenated alkanes) is 4. The maximum atomic E-state index is 3.83. The summed E-state index contributed by atoms with van der Waals surface area (Å²) in [5.41, 5.74) is 0.500. The summed E-state index contributed by atoms with van der Waals surface area (Å²) >= 11 is 0. The predicted octanol–water partition coefficient (Wildman–Crippen LogP) is 3.56. The Labute approximate surface area is 114 Å². The average Bonchev–Trinajstić information content (AvgIpc) is 2.40. The van der Waals surface area contributed by atoms with E-state index in [1.54, 1.807) is 0 Å². The molecule has 0 unspecified atom stereocenters. The lowest BCUT2D eigenvalue weighted by Crippen LogP contribution is -2.61. The van der Waals surface area contributed by atoms with Gasteiger partial charge in [0.25, 0.3) is 0 Å². The quantitative estimate of drug-likeness (QED) is 0.727. The molecule has 0 amide bonds. The SMILES string of the molecule is CCCCCCCN1CCNC2(CCCCC2)C1. The van der Waals surface area contributed by atoms with Crippen LogP contribution in [0.25, 0.3) is 0 Å². The summed E-state index contributed by atoms with van der Waals surface area (Å²) in [5, 5.41) is 3.83. The summed E-state index contributed by atoms with van der Waals surface area (Å²) in [6, 6.07) is 0. The zero-order chi connectivity index (χ0) is 12.7. The first-order chi connectivity index (χ1) is 8.85. The van der Waals surface area contributed by atoms with Crippen LogP contribution < -0.4 is 5.32 Å². The van der Waals surface area contributed by atoms with E-state index in [0.29, 0.717) is 5.54 Å². The summed E-state index contributed by atoms with van der Waals surface area (Å²) in [4.78, 5) is 2.73. The fraction of sp³-hybridized carbons (Fsp3) is 1.00. The molecule has 0 radical (unpaired) electrons. The Hall–Kier alpha value is -0.0800. The number of nitrogens with zero attached hydrogens (tertiary/aromatic N) is 1. The second-order valence-electron chi connectivity index (χ2n) is 6.46. The summed E-state index contributed by atoms with van der Waals surface area (Å²) in [6.45, 7) is 7.45. The monoisotopic (exact) mass is 252 g/mol. The topological polar surface area (TPSA) is 15.3 Å². The lowest BCUT2D eigenvalue weighted by Gasteiger charge is -2.46. The van der Waals surface area contributed by atoms with Crippen molar-refractivity contribution in [1.29, 1.82) is 0 Å². The summed E-state index contributed by atoms with van der Waals surface area (Å²) in [6.07, 6.45) is 14.2. The van der Waals surface area contributed by atoms with Gasteiger partial charge in [-0.1, -0.05) is 51.9 Å². The molecular formula is C16H32N2. The van der Waals surface area contributed by atoms with Crippen LogP contribution in [0.5, 0.6) is 0 Å². The average molecular weight is 252 g/mol. The molecule has 2 heteroatoms. The molecule has 1 saturated carbocycles. The highest BCUT2D eigenvalue weighted by Crippen LogP contribution is 2.30. The molecule has 2 aliphatic rings. The van der Waals surface area contributed by atoms with Gasteiger partial charge in [-0.2, -0.15) is 0 Å². The van der Waals surface area contributed by atoms with Crippen LogP contribution in [0, 0.1) is 0 Å². The molecule has 1 saturated heterocycles. The molecule has 0 aromatic rings. The standard InChI is InChI=1S/C16H32N2/c1-2-3-4-5-9-13-18-14-12-17-16(15-18)10-7-6-8-11-16/h17H,2-15H2,1H3. The van der Waals surface area contributed by atoms with Crippen LogP contribution >= 0.6 is 0 Å². The molecule has 1 N–H and O–H groups in total. The third-order valence-corrected chi connectivity index (χ3v) is 4.84. The predicted molar refractivity (Wildman–Crippen MR) is 79.0 cm³/mol. The van der Waals surface area contributed by atoms with Gasteiger partial charge in [0.05, 0.1) is 0 Å². The molecule has 2 rings (SSSR count). The van der Waals surface area contributed by atoms with Gasteiger partial charge in [-0.25, -0.2) is 0 Å². The molecule has 0 aromatic heterocycles. The molecule has 1 aliphatic carbocycles. The Morgan fingerprint density at radius 1 is 1.00 bits per heavy atom. The second-order valence-corrected chi connectivity index (χ2v) is 6.46. The fourth-order valence-corrected chi connectivity index (χ4v) is 3.74. The highest BCUT2D eigenvalue weighted by molar-refractivity contribution is 4.96. The van der Waals surface area contributed by atoms with Crippen molar-refractivity contribution in [3.05, 3.63) is 0 Å². The van der Waals surface area contributed by atoms with Crippen LogP contribution in [0.15, 0.2) is 0 Å². The molecule has 1 spiro atoms. The molecule has 106 valence electrons. The molecule has 1 heterocycles. The van der Waals surface area contributed by atoms with E-state index in [4.69, 9.17) is 0 Å². The van der Waals surface area contributed by atoms with E-state index in [1.165, 1.54) is 90.4 Å². The minimum Gasteiger partial charge on any atom is -0.309 e. The van der Waals surface area contributed by atoms with Gasteiger partial charge in [-0.15, -0.1) is 0 Å². The summed E-state index contributed by atoms with van der Waals surface area (Å²) in [7, 11) is 0. The Balaban J connectivity index is 1.66. The third kappa shape index (κ3) is 4.24. The number of piperazine rings is 1. The van der Waals surface area contributed by atoms with Crippen molar-refractivity contribution < 1.29 is 0 Å². The highest BCUT2D eigenvalue weighted by Gasteiger charge is 2.35. The number of rotatable bonds is 6. The first-order valence-corrected chi connectivity index (χ1v) is 8.32. The third-order valence-electron chi connectivity index (χ3n) is 4.84. The van der Waals surface area contributed by atoms with Crippen LogP contribution in [0.3, 0.4) is 0 Å². The van der Waals surface area contributed by atoms with Gasteiger partial charge in [0.2, 0.25) is 0 Å². The summed E-state index contributed by atoms with van der Waals surface area (Å²) < 4.78 is 0. The van der Waals surface area contributed by atoms with Crippen LogP contribution in [-0.2, 0) is 0 Å². The van der Waals surface area contributed by atoms with Crippen LogP contribution in [0.2, 0.25) is 0 Å². The maximum Gasteiger partial charge on any atom is 0.0309 e. The fourth-order valence-electron chi connectivity index (χ4n) is 3.74. The van der Waals surface area contributed by atoms with Crippen molar-refractivity contribution in [3.8, 4) is 0 Å². The molecule has 18 heavy (non-hydrogen) atoms. The van der Waals surface area contributed by atoms with E-state index >= 15 is 0 Å². The van der Waals surface area contributed by atoms with Crippen LogP contribution in [0.1, 0.15) is 71.1 Å². The first kappa shape index (κ1) is 14.3. The van der Waals surface area contributed by atoms with E-state index in [2.05, 4.69) is 17.1 Å². The molecule has 2 nitrogen and oxygen atoms in total. The molecule has 0 atom stereocenters. The van der Waals surface area contributed by atoms with Gasteiger partial charge < -0.3 is 10.2 Å². The van der Waals surface area contributed by atoms with Crippen molar-refractivity contribution in [2.75, 3.05) is 26.2 Å². The maximum absolute atomic E-state index is 3.83. The van der Waals surface area contributed by atoms with E-state index in [1.807, 2.05) is 0 Å². The van der Waals surface area contributed by atoms with Gasteiger partial charge >= 0.3 is 0 Å². The van der Waals surface area contributed by atoms with Crippen molar-refractivity contribution in [1.82, 2.24) is 10.2 Å². The molecule has 1 aliphatic heterocycles. The van der Waals surface area contributed by atoms with Crippen molar-refractivity contribution in [2.45, 2.75) is 76.7 Å². The number of hydrogen-bond donors (Lipinski definition) is 1. The van der Waals surface area contributed by atoms with E-state index in [-0.39, 0.29) is 0 Å². The minimum atomic E-state index is 0.500. The van der Waals surface area contributed by atoms with E-state index < -0.39 is 0 Å². The van der Waals surface area contributed by atoms with Crippen molar-refractivity contribution in [3.63, 3.8) is 0 Å². The van der Waals surface area contributed by atoms with Crippen molar-refractivity contribution in [2.24, 2.45) is 0 Å². The Kier molecular flexibility index (Phi) is 5.97. The largest absolute Gasteiger partial charge is 0.309 e. The van der Waals surface area contributed by atoms with Gasteiger partial charge in [0, 0.05) is 25.2 Å². The van der Waals surface area contributed by atoms with Gasteiger partial charge in [-0.3, -0.25) is 0 Å². The molecule has 2 fully saturated rings. The number of hydrogen-bond acceptors (Lipinski definition) is 2. The lowest BCUT2D eigenvalue weighted by molar-refractivity contribution is 0.0980. The highest BCUT2D eigenvalue weighted by atomic mass is 15.2. The molecule has 0 aromatic carbocycles. The van der Waals surface area contributed by atoms with Gasteiger partial charge in [0.1, 0.15) is 0 Å². The van der Waals surface area contributed by atoms with Crippen molar-refractivity contribution >= 4 is 0 Å². The van der Waals surface area contributed by atoms with Gasteiger partial charge in [-0.05, 0) is 25.8 Å². The normalized spacial score (nSPS) is 24.5. The number of nitrogens with one attached hydrogen (secondary N) is 1. The van der Waals surface area contributed by atoms with E-state index in [0.717, 1.165) is 0 Å². The van der Waals surface area contributed by atoms with Crippen LogP contribution in [-0.4, -0.2) is 36.6 Å². The molecule has 0 bridgehead atoms. The Bertz CT molecular complexity index is 216. The lowest BCUT2D eigenvalue weighted by atomic mass is 9.80. The zero-order valence-corrected chi connectivity index (χ0v) is 12.3. The minimum absolute atomic E-state index is 0.500. The Morgan fingerprint density at radius 3 is 2.56 bits per heavy atom. The zero-order valence-electron chi connectivity index (χ0n) is 12.3. The molecular weight excluding hydrogens is 220 g/mol. The smallest absolute Gasteiger partial charge is 0.0309 e.